The molecule has 0 fully saturated rings. The van der Waals surface area contributed by atoms with Crippen LogP contribution in [0, 0.1) is 19.8 Å². The number of ketones is 1. The number of carbonyl (C=O) groups is 3. The molecule has 0 spiro atoms. The van der Waals surface area contributed by atoms with E-state index >= 15 is 0 Å². The number of benzene rings is 1. The zero-order valence-corrected chi connectivity index (χ0v) is 16.6. The normalized spacial score (nSPS) is 12.8. The Morgan fingerprint density at radius 3 is 2.39 bits per heavy atom. The van der Waals surface area contributed by atoms with E-state index in [1.165, 1.54) is 18.9 Å². The van der Waals surface area contributed by atoms with Crippen LogP contribution in [0.15, 0.2) is 54.4 Å². The number of rotatable bonds is 7. The first-order valence-electron chi connectivity index (χ1n) is 9.00. The Morgan fingerprint density at radius 2 is 1.75 bits per heavy atom. The zero-order chi connectivity index (χ0) is 20.7. The topological polar surface area (TPSA) is 75.7 Å². The van der Waals surface area contributed by atoms with Crippen LogP contribution in [0.3, 0.4) is 0 Å². The molecule has 0 saturated heterocycles. The number of para-hydroxylation sites is 1. The summed E-state index contributed by atoms with van der Waals surface area (Å²) in [7, 11) is 1.31. The Bertz CT molecular complexity index is 832. The quantitative estimate of drug-likeness (QED) is 0.581. The summed E-state index contributed by atoms with van der Waals surface area (Å²) in [5, 5.41) is 2.88. The minimum Gasteiger partial charge on any atom is -0.469 e. The smallest absolute Gasteiger partial charge is 0.307 e. The van der Waals surface area contributed by atoms with E-state index in [-0.39, 0.29) is 18.9 Å². The third-order valence-electron chi connectivity index (χ3n) is 4.45. The molecule has 6 heteroatoms. The van der Waals surface area contributed by atoms with Gasteiger partial charge >= 0.3 is 5.97 Å². The summed E-state index contributed by atoms with van der Waals surface area (Å²) in [6, 6.07) is 5.68. The number of amides is 1. The molecule has 1 aliphatic heterocycles. The van der Waals surface area contributed by atoms with Crippen LogP contribution in [-0.2, 0) is 19.1 Å². The summed E-state index contributed by atoms with van der Waals surface area (Å²) in [4.78, 5) is 39.2. The van der Waals surface area contributed by atoms with Gasteiger partial charge in [0.1, 0.15) is 5.92 Å². The van der Waals surface area contributed by atoms with Gasteiger partial charge in [-0.1, -0.05) is 30.4 Å². The van der Waals surface area contributed by atoms with Crippen LogP contribution in [-0.4, -0.2) is 31.3 Å². The summed E-state index contributed by atoms with van der Waals surface area (Å²) >= 11 is 0. The fraction of sp³-hybridized carbons (Fsp3) is 0.273. The van der Waals surface area contributed by atoms with Gasteiger partial charge in [-0.3, -0.25) is 14.4 Å². The number of anilines is 1. The van der Waals surface area contributed by atoms with Crippen molar-refractivity contribution >= 4 is 23.3 Å². The highest BCUT2D eigenvalue weighted by Crippen LogP contribution is 2.27. The molecule has 0 unspecified atom stereocenters. The van der Waals surface area contributed by atoms with Gasteiger partial charge in [0, 0.05) is 18.4 Å². The lowest BCUT2D eigenvalue weighted by atomic mass is 9.99. The molecular weight excluding hydrogens is 356 g/mol. The second-order valence-corrected chi connectivity index (χ2v) is 6.45. The molecule has 28 heavy (non-hydrogen) atoms. The summed E-state index contributed by atoms with van der Waals surface area (Å²) in [5.41, 5.74) is 2.78. The van der Waals surface area contributed by atoms with Crippen molar-refractivity contribution in [3.05, 3.63) is 71.4 Å². The lowest BCUT2D eigenvalue weighted by Gasteiger charge is -2.28. The van der Waals surface area contributed by atoms with Crippen molar-refractivity contribution in [2.24, 2.45) is 0 Å². The molecule has 1 radical (unpaired) electrons. The third-order valence-corrected chi connectivity index (χ3v) is 4.45. The number of Topliss-reactive ketones (excluding diaryl/α,β-unsaturated/α-hetero) is 1. The van der Waals surface area contributed by atoms with Gasteiger partial charge in [0.15, 0.2) is 5.78 Å². The average molecular weight is 381 g/mol. The number of allylic oxidation sites excluding steroid dienone is 5. The Morgan fingerprint density at radius 1 is 1.07 bits per heavy atom. The molecule has 1 N–H and O–H groups in total. The number of carbonyl (C=O) groups excluding carboxylic acids is 3. The molecular formula is C22H25N2O4. The zero-order valence-electron chi connectivity index (χ0n) is 16.6. The third kappa shape index (κ3) is 4.97. The molecule has 0 aliphatic carbocycles. The molecule has 1 aromatic rings. The summed E-state index contributed by atoms with van der Waals surface area (Å²) in [6.07, 6.45) is 8.55. The fourth-order valence-electron chi connectivity index (χ4n) is 2.95. The van der Waals surface area contributed by atoms with E-state index in [1.54, 1.807) is 30.5 Å². The molecule has 2 rings (SSSR count). The first kappa shape index (κ1) is 21.2. The Labute approximate surface area is 165 Å². The van der Waals surface area contributed by atoms with Crippen molar-refractivity contribution in [2.45, 2.75) is 27.2 Å². The van der Waals surface area contributed by atoms with E-state index in [0.29, 0.717) is 11.4 Å². The lowest BCUT2D eigenvalue weighted by Crippen LogP contribution is -2.40. The van der Waals surface area contributed by atoms with Crippen LogP contribution in [0.5, 0.6) is 0 Å². The highest BCUT2D eigenvalue weighted by atomic mass is 16.5. The van der Waals surface area contributed by atoms with Gasteiger partial charge in [0.05, 0.1) is 19.2 Å². The van der Waals surface area contributed by atoms with Crippen molar-refractivity contribution in [2.75, 3.05) is 18.6 Å². The van der Waals surface area contributed by atoms with E-state index in [2.05, 4.69) is 5.32 Å². The number of nitrogens with one attached hydrogen (secondary N) is 1. The number of nitrogens with zero attached hydrogens (tertiary/aromatic N) is 1. The Kier molecular flexibility index (Phi) is 7.32. The van der Waals surface area contributed by atoms with Gasteiger partial charge in [0.25, 0.3) is 0 Å². The van der Waals surface area contributed by atoms with Crippen molar-refractivity contribution in [1.82, 2.24) is 5.32 Å². The van der Waals surface area contributed by atoms with Gasteiger partial charge in [-0.05, 0) is 44.1 Å². The number of hydrogen-bond donors (Lipinski definition) is 1. The van der Waals surface area contributed by atoms with E-state index in [9.17, 15) is 14.4 Å². The Balaban J connectivity index is 2.33. The minimum absolute atomic E-state index is 0.0317. The molecule has 1 aromatic carbocycles. The number of hydrogen-bond acceptors (Lipinski definition) is 5. The number of esters is 1. The predicted molar refractivity (Wildman–Crippen MR) is 108 cm³/mol. The maximum absolute atomic E-state index is 13.2. The Hall–Kier alpha value is -3.15. The summed E-state index contributed by atoms with van der Waals surface area (Å²) < 4.78 is 4.71. The van der Waals surface area contributed by atoms with Gasteiger partial charge in [0.2, 0.25) is 5.91 Å². The SMILES string of the molecule is COC(=O)CCN(C(=O)[C](C)C(=O)C1=CC=CC=CN1)c1c(C)cccc1C. The van der Waals surface area contributed by atoms with Gasteiger partial charge in [-0.15, -0.1) is 0 Å². The molecule has 6 nitrogen and oxygen atoms in total. The molecule has 147 valence electrons. The summed E-state index contributed by atoms with van der Waals surface area (Å²) in [6.45, 7) is 5.41. The van der Waals surface area contributed by atoms with E-state index < -0.39 is 17.7 Å². The molecule has 1 aliphatic rings. The van der Waals surface area contributed by atoms with E-state index in [1.807, 2.05) is 32.0 Å². The first-order valence-corrected chi connectivity index (χ1v) is 9.00. The molecule has 0 atom stereocenters. The van der Waals surface area contributed by atoms with Crippen LogP contribution >= 0.6 is 0 Å². The lowest BCUT2D eigenvalue weighted by molar-refractivity contribution is -0.140. The molecule has 1 heterocycles. The molecule has 0 saturated carbocycles. The van der Waals surface area contributed by atoms with Crippen LogP contribution < -0.4 is 10.2 Å². The first-order chi connectivity index (χ1) is 13.4. The molecule has 1 amide bonds. The van der Waals surface area contributed by atoms with Crippen LogP contribution in [0.4, 0.5) is 5.69 Å². The van der Waals surface area contributed by atoms with Crippen molar-refractivity contribution < 1.29 is 19.1 Å². The highest BCUT2D eigenvalue weighted by molar-refractivity contribution is 6.25. The van der Waals surface area contributed by atoms with Gasteiger partial charge < -0.3 is 15.0 Å². The van der Waals surface area contributed by atoms with Gasteiger partial charge in [-0.25, -0.2) is 0 Å². The molecule has 0 bridgehead atoms. The number of ether oxygens (including phenoxy) is 1. The van der Waals surface area contributed by atoms with Gasteiger partial charge in [-0.2, -0.15) is 0 Å². The van der Waals surface area contributed by atoms with Crippen molar-refractivity contribution in [3.8, 4) is 0 Å². The van der Waals surface area contributed by atoms with Crippen molar-refractivity contribution in [1.29, 1.82) is 0 Å². The van der Waals surface area contributed by atoms with Crippen LogP contribution in [0.25, 0.3) is 0 Å². The monoisotopic (exact) mass is 381 g/mol. The standard InChI is InChI=1S/C22H25N2O4/c1-15-9-8-10-16(2)20(15)24(14-12-19(25)28-4)22(27)17(3)21(26)18-11-6-5-7-13-23-18/h5-11,13,23H,12,14H2,1-4H3. The minimum atomic E-state index is -0.439. The second kappa shape index (κ2) is 9.69. The number of methoxy groups -OCH3 is 1. The van der Waals surface area contributed by atoms with Crippen LogP contribution in [0.1, 0.15) is 24.5 Å². The van der Waals surface area contributed by atoms with Crippen molar-refractivity contribution in [3.63, 3.8) is 0 Å². The maximum Gasteiger partial charge on any atom is 0.307 e. The summed E-state index contributed by atoms with van der Waals surface area (Å²) in [5.74, 6) is -1.19. The predicted octanol–water partition coefficient (Wildman–Crippen LogP) is 2.92. The maximum atomic E-state index is 13.2. The van der Waals surface area contributed by atoms with E-state index in [0.717, 1.165) is 11.1 Å². The fourth-order valence-corrected chi connectivity index (χ4v) is 2.95. The largest absolute Gasteiger partial charge is 0.469 e. The highest BCUT2D eigenvalue weighted by Gasteiger charge is 2.31. The van der Waals surface area contributed by atoms with E-state index in [4.69, 9.17) is 4.74 Å². The number of aryl methyl sites for hydroxylation is 2. The van der Waals surface area contributed by atoms with Crippen LogP contribution in [0.2, 0.25) is 0 Å². The average Bonchev–Trinajstić information content (AvgIpc) is 2.97. The molecule has 0 aromatic heterocycles. The second-order valence-electron chi connectivity index (χ2n) is 6.45.